The summed E-state index contributed by atoms with van der Waals surface area (Å²) in [6.45, 7) is 3.38. The Hall–Kier alpha value is -2.28. The van der Waals surface area contributed by atoms with Crippen molar-refractivity contribution < 1.29 is 0 Å². The molecule has 1 saturated heterocycles. The number of rotatable bonds is 4. The largest absolute Gasteiger partial charge is 0.312 e. The lowest BCUT2D eigenvalue weighted by atomic mass is 9.95. The standard InChI is InChI=1S/C20H27N5O2/c1-23-17(11-21-12-20(23)27)14-24-8-6-15(7-9-24)13-25-19(26)10-16-4-2-3-5-18(16)22-25/h10-12,15H,2-9,13-14H2,1H3. The molecule has 0 radical (unpaired) electrons. The molecular formula is C20H27N5O2. The van der Waals surface area contributed by atoms with Gasteiger partial charge in [-0.2, -0.15) is 5.10 Å². The van der Waals surface area contributed by atoms with Crippen molar-refractivity contribution in [3.63, 3.8) is 0 Å². The van der Waals surface area contributed by atoms with Crippen molar-refractivity contribution in [2.45, 2.75) is 51.6 Å². The van der Waals surface area contributed by atoms with Gasteiger partial charge in [0.15, 0.2) is 0 Å². The van der Waals surface area contributed by atoms with Crippen LogP contribution >= 0.6 is 0 Å². The smallest absolute Gasteiger partial charge is 0.268 e. The van der Waals surface area contributed by atoms with Crippen LogP contribution in [0.25, 0.3) is 0 Å². The first kappa shape index (κ1) is 18.1. The number of nitrogens with zero attached hydrogens (tertiary/aromatic N) is 5. The van der Waals surface area contributed by atoms with E-state index in [-0.39, 0.29) is 11.1 Å². The number of fused-ring (bicyclic) bond motifs is 1. The molecule has 3 heterocycles. The predicted molar refractivity (Wildman–Crippen MR) is 103 cm³/mol. The van der Waals surface area contributed by atoms with Crippen LogP contribution in [0.2, 0.25) is 0 Å². The number of hydrogen-bond acceptors (Lipinski definition) is 5. The summed E-state index contributed by atoms with van der Waals surface area (Å²) in [5.41, 5.74) is 3.19. The van der Waals surface area contributed by atoms with E-state index in [2.05, 4.69) is 15.0 Å². The van der Waals surface area contributed by atoms with Gasteiger partial charge in [-0.15, -0.1) is 0 Å². The maximum absolute atomic E-state index is 12.4. The number of aromatic nitrogens is 4. The second-order valence-corrected chi connectivity index (χ2v) is 7.86. The highest BCUT2D eigenvalue weighted by molar-refractivity contribution is 5.20. The molecule has 7 nitrogen and oxygen atoms in total. The fourth-order valence-electron chi connectivity index (χ4n) is 4.18. The third kappa shape index (κ3) is 4.03. The molecule has 2 aliphatic rings. The molecule has 0 unspecified atom stereocenters. The van der Waals surface area contributed by atoms with E-state index in [0.29, 0.717) is 12.5 Å². The Morgan fingerprint density at radius 2 is 1.85 bits per heavy atom. The van der Waals surface area contributed by atoms with Gasteiger partial charge in [0.1, 0.15) is 0 Å². The summed E-state index contributed by atoms with van der Waals surface area (Å²) >= 11 is 0. The van der Waals surface area contributed by atoms with Gasteiger partial charge in [0, 0.05) is 32.4 Å². The Morgan fingerprint density at radius 3 is 2.67 bits per heavy atom. The summed E-state index contributed by atoms with van der Waals surface area (Å²) in [4.78, 5) is 30.5. The SMILES string of the molecule is Cn1c(CN2CCC(Cn3nc4c(cc3=O)CCCC4)CC2)cncc1=O. The summed E-state index contributed by atoms with van der Waals surface area (Å²) < 4.78 is 3.35. The number of aryl methyl sites for hydroxylation is 2. The van der Waals surface area contributed by atoms with Gasteiger partial charge in [0.2, 0.25) is 0 Å². The topological polar surface area (TPSA) is 73.0 Å². The molecule has 0 amide bonds. The van der Waals surface area contributed by atoms with Crippen LogP contribution in [0.5, 0.6) is 0 Å². The minimum atomic E-state index is -0.0692. The molecule has 1 fully saturated rings. The minimum Gasteiger partial charge on any atom is -0.312 e. The first-order chi connectivity index (χ1) is 13.1. The first-order valence-corrected chi connectivity index (χ1v) is 9.92. The summed E-state index contributed by atoms with van der Waals surface area (Å²) in [6.07, 6.45) is 9.53. The lowest BCUT2D eigenvalue weighted by Gasteiger charge is -2.32. The zero-order valence-electron chi connectivity index (χ0n) is 15.9. The molecule has 144 valence electrons. The highest BCUT2D eigenvalue weighted by atomic mass is 16.1. The average Bonchev–Trinajstić information content (AvgIpc) is 2.67. The van der Waals surface area contributed by atoms with Crippen molar-refractivity contribution in [1.29, 1.82) is 0 Å². The zero-order valence-corrected chi connectivity index (χ0v) is 15.9. The van der Waals surface area contributed by atoms with Crippen LogP contribution in [-0.2, 0) is 33.0 Å². The summed E-state index contributed by atoms with van der Waals surface area (Å²) in [6, 6.07) is 1.81. The van der Waals surface area contributed by atoms with Gasteiger partial charge in [-0.1, -0.05) is 0 Å². The van der Waals surface area contributed by atoms with Gasteiger partial charge in [-0.3, -0.25) is 19.5 Å². The van der Waals surface area contributed by atoms with Gasteiger partial charge in [-0.25, -0.2) is 4.68 Å². The third-order valence-electron chi connectivity index (χ3n) is 5.97. The Bertz CT molecular complexity index is 925. The van der Waals surface area contributed by atoms with E-state index in [0.717, 1.165) is 62.3 Å². The fraction of sp³-hybridized carbons (Fsp3) is 0.600. The zero-order chi connectivity index (χ0) is 18.8. The first-order valence-electron chi connectivity index (χ1n) is 9.92. The van der Waals surface area contributed by atoms with Gasteiger partial charge in [0.25, 0.3) is 11.1 Å². The summed E-state index contributed by atoms with van der Waals surface area (Å²) in [7, 11) is 1.79. The highest BCUT2D eigenvalue weighted by Gasteiger charge is 2.22. The monoisotopic (exact) mass is 369 g/mol. The van der Waals surface area contributed by atoms with Crippen molar-refractivity contribution in [3.05, 3.63) is 56.1 Å². The molecule has 0 atom stereocenters. The van der Waals surface area contributed by atoms with E-state index < -0.39 is 0 Å². The van der Waals surface area contributed by atoms with E-state index in [4.69, 9.17) is 0 Å². The average molecular weight is 369 g/mol. The maximum atomic E-state index is 12.4. The number of likely N-dealkylation sites (tertiary alicyclic amines) is 1. The molecule has 2 aromatic heterocycles. The van der Waals surface area contributed by atoms with Crippen molar-refractivity contribution >= 4 is 0 Å². The lowest BCUT2D eigenvalue weighted by Crippen LogP contribution is -2.38. The molecule has 1 aliphatic carbocycles. The van der Waals surface area contributed by atoms with Crippen LogP contribution in [0.3, 0.4) is 0 Å². The molecule has 0 N–H and O–H groups in total. The molecule has 1 aliphatic heterocycles. The van der Waals surface area contributed by atoms with E-state index in [9.17, 15) is 9.59 Å². The number of hydrogen-bond donors (Lipinski definition) is 0. The van der Waals surface area contributed by atoms with Gasteiger partial charge >= 0.3 is 0 Å². The quantitative estimate of drug-likeness (QED) is 0.808. The van der Waals surface area contributed by atoms with E-state index in [1.165, 1.54) is 19.0 Å². The second kappa shape index (κ2) is 7.76. The molecule has 27 heavy (non-hydrogen) atoms. The van der Waals surface area contributed by atoms with Crippen LogP contribution in [0.4, 0.5) is 0 Å². The Labute approximate surface area is 158 Å². The van der Waals surface area contributed by atoms with E-state index in [1.807, 2.05) is 0 Å². The van der Waals surface area contributed by atoms with Crippen LogP contribution in [0.15, 0.2) is 28.0 Å². The Balaban J connectivity index is 1.36. The van der Waals surface area contributed by atoms with Gasteiger partial charge in [-0.05, 0) is 63.1 Å². The molecular weight excluding hydrogens is 342 g/mol. The summed E-state index contributed by atoms with van der Waals surface area (Å²) in [5, 5.41) is 4.66. The molecule has 0 saturated carbocycles. The van der Waals surface area contributed by atoms with Crippen molar-refractivity contribution in [3.8, 4) is 0 Å². The Morgan fingerprint density at radius 1 is 1.07 bits per heavy atom. The van der Waals surface area contributed by atoms with E-state index in [1.54, 1.807) is 28.6 Å². The molecule has 7 heteroatoms. The molecule has 0 aromatic carbocycles. The van der Waals surface area contributed by atoms with Crippen molar-refractivity contribution in [2.24, 2.45) is 13.0 Å². The molecule has 2 aromatic rings. The third-order valence-corrected chi connectivity index (χ3v) is 5.97. The molecule has 0 spiro atoms. The lowest BCUT2D eigenvalue weighted by molar-refractivity contribution is 0.160. The van der Waals surface area contributed by atoms with Crippen LogP contribution in [0.1, 0.15) is 42.6 Å². The predicted octanol–water partition coefficient (Wildman–Crippen LogP) is 1.13. The van der Waals surface area contributed by atoms with Gasteiger partial charge < -0.3 is 4.57 Å². The fourth-order valence-corrected chi connectivity index (χ4v) is 4.18. The summed E-state index contributed by atoms with van der Waals surface area (Å²) in [5.74, 6) is 0.478. The van der Waals surface area contributed by atoms with Crippen LogP contribution in [0, 0.1) is 5.92 Å². The van der Waals surface area contributed by atoms with Crippen LogP contribution < -0.4 is 11.1 Å². The van der Waals surface area contributed by atoms with Gasteiger partial charge in [0.05, 0.1) is 17.6 Å². The van der Waals surface area contributed by atoms with Crippen molar-refractivity contribution in [1.82, 2.24) is 24.2 Å². The van der Waals surface area contributed by atoms with Crippen molar-refractivity contribution in [2.75, 3.05) is 13.1 Å². The molecule has 0 bridgehead atoms. The molecule has 4 rings (SSSR count). The maximum Gasteiger partial charge on any atom is 0.268 e. The number of piperidine rings is 1. The minimum absolute atomic E-state index is 0.0449. The second-order valence-electron chi connectivity index (χ2n) is 7.86. The van der Waals surface area contributed by atoms with Crippen LogP contribution in [-0.4, -0.2) is 37.3 Å². The van der Waals surface area contributed by atoms with E-state index >= 15 is 0 Å². The Kier molecular flexibility index (Phi) is 5.20. The normalized spacial score (nSPS) is 18.4. The highest BCUT2D eigenvalue weighted by Crippen LogP contribution is 2.21.